The number of benzene rings is 1. The Morgan fingerprint density at radius 1 is 1.30 bits per heavy atom. The number of carbonyl (C=O) groups is 1. The van der Waals surface area contributed by atoms with Crippen molar-refractivity contribution < 1.29 is 13.6 Å². The molecule has 3 aromatic heterocycles. The van der Waals surface area contributed by atoms with Crippen molar-refractivity contribution in [2.45, 2.75) is 6.54 Å². The number of nitrogens with zero attached hydrogens (tertiary/aromatic N) is 3. The molecule has 0 saturated carbocycles. The Kier molecular flexibility index (Phi) is 4.47. The van der Waals surface area contributed by atoms with E-state index in [1.54, 1.807) is 41.2 Å². The van der Waals surface area contributed by atoms with Crippen molar-refractivity contribution in [3.05, 3.63) is 77.0 Å². The first kappa shape index (κ1) is 17.0. The van der Waals surface area contributed by atoms with Crippen LogP contribution >= 0.6 is 11.6 Å². The predicted octanol–water partition coefficient (Wildman–Crippen LogP) is 3.96. The lowest BCUT2D eigenvalue weighted by atomic mass is 10.2. The lowest BCUT2D eigenvalue weighted by Gasteiger charge is -2.04. The molecule has 0 radical (unpaired) electrons. The normalized spacial score (nSPS) is 10.9. The zero-order valence-electron chi connectivity index (χ0n) is 13.8. The Morgan fingerprint density at radius 2 is 2.19 bits per heavy atom. The Bertz CT molecular complexity index is 1090. The van der Waals surface area contributed by atoms with Gasteiger partial charge >= 0.3 is 0 Å². The average Bonchev–Trinajstić information content (AvgIpc) is 3.37. The maximum atomic E-state index is 13.1. The Morgan fingerprint density at radius 3 is 2.96 bits per heavy atom. The van der Waals surface area contributed by atoms with Crippen LogP contribution in [0.25, 0.3) is 11.5 Å². The summed E-state index contributed by atoms with van der Waals surface area (Å²) in [6.45, 7) is 0.347. The molecule has 9 heteroatoms. The largest absolute Gasteiger partial charge is 0.463 e. The summed E-state index contributed by atoms with van der Waals surface area (Å²) in [5.74, 6) is 0.141. The number of H-pyrrole nitrogens is 1. The molecule has 0 aliphatic heterocycles. The fourth-order valence-corrected chi connectivity index (χ4v) is 2.74. The number of hydrogen-bond acceptors (Lipinski definition) is 4. The smallest absolute Gasteiger partial charge is 0.277 e. The van der Waals surface area contributed by atoms with Gasteiger partial charge in [0.15, 0.2) is 17.3 Å². The molecule has 0 atom stereocenters. The van der Waals surface area contributed by atoms with Gasteiger partial charge in [0.1, 0.15) is 11.5 Å². The van der Waals surface area contributed by atoms with Crippen molar-refractivity contribution in [2.24, 2.45) is 0 Å². The third kappa shape index (κ3) is 3.75. The van der Waals surface area contributed by atoms with Crippen LogP contribution in [-0.4, -0.2) is 25.9 Å². The minimum atomic E-state index is -0.408. The van der Waals surface area contributed by atoms with Crippen LogP contribution in [0.2, 0.25) is 5.02 Å². The number of amides is 1. The molecule has 0 aliphatic rings. The van der Waals surface area contributed by atoms with Gasteiger partial charge in [0.05, 0.1) is 12.8 Å². The molecule has 0 saturated heterocycles. The van der Waals surface area contributed by atoms with E-state index in [-0.39, 0.29) is 5.69 Å². The maximum absolute atomic E-state index is 13.1. The number of aromatic nitrogens is 4. The van der Waals surface area contributed by atoms with Crippen molar-refractivity contribution in [2.75, 3.05) is 5.32 Å². The summed E-state index contributed by atoms with van der Waals surface area (Å²) in [5, 5.41) is 14.0. The highest BCUT2D eigenvalue weighted by Gasteiger charge is 2.14. The standard InChI is InChI=1S/C18H13ClFN5O2/c19-13-8-12(20)4-3-11(13)10-25-6-5-17(24-25)21-18(26)15-9-14(22-23-15)16-2-1-7-27-16/h1-9H,10H2,(H,22,23)(H,21,24,26). The van der Waals surface area contributed by atoms with Crippen LogP contribution in [0.5, 0.6) is 0 Å². The number of anilines is 1. The van der Waals surface area contributed by atoms with Gasteiger partial charge in [-0.25, -0.2) is 4.39 Å². The topological polar surface area (TPSA) is 88.7 Å². The molecular weight excluding hydrogens is 373 g/mol. The van der Waals surface area contributed by atoms with E-state index in [0.29, 0.717) is 28.8 Å². The average molecular weight is 386 g/mol. The molecule has 0 unspecified atom stereocenters. The summed E-state index contributed by atoms with van der Waals surface area (Å²) in [4.78, 5) is 12.3. The number of nitrogens with one attached hydrogen (secondary N) is 2. The second-order valence-corrected chi connectivity index (χ2v) is 6.14. The molecule has 7 nitrogen and oxygen atoms in total. The Hall–Kier alpha value is -3.39. The van der Waals surface area contributed by atoms with E-state index in [9.17, 15) is 9.18 Å². The summed E-state index contributed by atoms with van der Waals surface area (Å²) in [6.07, 6.45) is 3.23. The summed E-state index contributed by atoms with van der Waals surface area (Å²) >= 11 is 6.02. The van der Waals surface area contributed by atoms with Gasteiger partial charge in [-0.05, 0) is 29.8 Å². The van der Waals surface area contributed by atoms with Gasteiger partial charge in [0, 0.05) is 23.4 Å². The van der Waals surface area contributed by atoms with Gasteiger partial charge in [0.2, 0.25) is 0 Å². The van der Waals surface area contributed by atoms with Crippen molar-refractivity contribution in [1.29, 1.82) is 0 Å². The van der Waals surface area contributed by atoms with Crippen molar-refractivity contribution >= 4 is 23.3 Å². The lowest BCUT2D eigenvalue weighted by Crippen LogP contribution is -2.13. The highest BCUT2D eigenvalue weighted by Crippen LogP contribution is 2.20. The van der Waals surface area contributed by atoms with E-state index >= 15 is 0 Å². The lowest BCUT2D eigenvalue weighted by molar-refractivity contribution is 0.102. The van der Waals surface area contributed by atoms with E-state index in [4.69, 9.17) is 16.0 Å². The summed E-state index contributed by atoms with van der Waals surface area (Å²) in [5.41, 5.74) is 1.52. The molecule has 2 N–H and O–H groups in total. The van der Waals surface area contributed by atoms with Gasteiger partial charge in [-0.2, -0.15) is 10.2 Å². The first-order chi connectivity index (χ1) is 13.1. The molecular formula is C18H13ClFN5O2. The number of halogens is 2. The molecule has 1 amide bonds. The zero-order valence-corrected chi connectivity index (χ0v) is 14.6. The fraction of sp³-hybridized carbons (Fsp3) is 0.0556. The molecule has 0 fully saturated rings. The van der Waals surface area contributed by atoms with Gasteiger partial charge in [-0.1, -0.05) is 17.7 Å². The van der Waals surface area contributed by atoms with Crippen molar-refractivity contribution in [1.82, 2.24) is 20.0 Å². The first-order valence-corrected chi connectivity index (χ1v) is 8.34. The summed E-state index contributed by atoms with van der Waals surface area (Å²) in [6, 6.07) is 10.9. The number of rotatable bonds is 5. The van der Waals surface area contributed by atoms with E-state index in [1.165, 1.54) is 18.4 Å². The number of aromatic amines is 1. The van der Waals surface area contributed by atoms with Crippen molar-refractivity contribution in [3.63, 3.8) is 0 Å². The predicted molar refractivity (Wildman–Crippen MR) is 97.0 cm³/mol. The van der Waals surface area contributed by atoms with Crippen LogP contribution in [0.4, 0.5) is 10.2 Å². The first-order valence-electron chi connectivity index (χ1n) is 7.96. The van der Waals surface area contributed by atoms with Crippen LogP contribution in [0.15, 0.2) is 59.3 Å². The Balaban J connectivity index is 1.44. The zero-order chi connectivity index (χ0) is 18.8. The molecule has 27 heavy (non-hydrogen) atoms. The molecule has 4 rings (SSSR count). The molecule has 136 valence electrons. The second kappa shape index (κ2) is 7.08. The minimum absolute atomic E-state index is 0.206. The number of carbonyl (C=O) groups excluding carboxylic acids is 1. The van der Waals surface area contributed by atoms with Crippen LogP contribution in [0.1, 0.15) is 16.1 Å². The second-order valence-electron chi connectivity index (χ2n) is 5.73. The van der Waals surface area contributed by atoms with Crippen LogP contribution in [0, 0.1) is 5.82 Å². The van der Waals surface area contributed by atoms with Crippen LogP contribution in [0.3, 0.4) is 0 Å². The van der Waals surface area contributed by atoms with E-state index in [2.05, 4.69) is 20.6 Å². The SMILES string of the molecule is O=C(Nc1ccn(Cc2ccc(F)cc2Cl)n1)c1cc(-c2ccco2)[nH]n1. The van der Waals surface area contributed by atoms with Crippen LogP contribution in [-0.2, 0) is 6.54 Å². The molecule has 0 bridgehead atoms. The van der Waals surface area contributed by atoms with E-state index in [1.807, 2.05) is 0 Å². The van der Waals surface area contributed by atoms with Gasteiger partial charge < -0.3 is 9.73 Å². The molecule has 0 aliphatic carbocycles. The number of hydrogen-bond donors (Lipinski definition) is 2. The van der Waals surface area contributed by atoms with Crippen molar-refractivity contribution in [3.8, 4) is 11.5 Å². The van der Waals surface area contributed by atoms with E-state index in [0.717, 1.165) is 5.56 Å². The summed E-state index contributed by atoms with van der Waals surface area (Å²) < 4.78 is 20.0. The minimum Gasteiger partial charge on any atom is -0.463 e. The monoisotopic (exact) mass is 385 g/mol. The quantitative estimate of drug-likeness (QED) is 0.544. The third-order valence-electron chi connectivity index (χ3n) is 3.83. The summed E-state index contributed by atoms with van der Waals surface area (Å²) in [7, 11) is 0. The fourth-order valence-electron chi connectivity index (χ4n) is 2.52. The third-order valence-corrected chi connectivity index (χ3v) is 4.18. The van der Waals surface area contributed by atoms with Crippen LogP contribution < -0.4 is 5.32 Å². The highest BCUT2D eigenvalue weighted by molar-refractivity contribution is 6.31. The number of furan rings is 1. The highest BCUT2D eigenvalue weighted by atomic mass is 35.5. The molecule has 1 aromatic carbocycles. The molecule has 0 spiro atoms. The van der Waals surface area contributed by atoms with Gasteiger partial charge in [-0.15, -0.1) is 0 Å². The van der Waals surface area contributed by atoms with Gasteiger partial charge in [0.25, 0.3) is 5.91 Å². The Labute approximate surface area is 157 Å². The van der Waals surface area contributed by atoms with Gasteiger partial charge in [-0.3, -0.25) is 14.6 Å². The maximum Gasteiger partial charge on any atom is 0.277 e. The van der Waals surface area contributed by atoms with E-state index < -0.39 is 11.7 Å². The molecule has 3 heterocycles. The molecule has 4 aromatic rings.